The number of aliphatic hydroxyl groups is 1. The van der Waals surface area contributed by atoms with Gasteiger partial charge in [0.1, 0.15) is 0 Å². The molecule has 7 nitrogen and oxygen atoms in total. The van der Waals surface area contributed by atoms with Gasteiger partial charge in [-0.3, -0.25) is 15.0 Å². The van der Waals surface area contributed by atoms with Crippen LogP contribution in [0.25, 0.3) is 0 Å². The second-order valence-corrected chi connectivity index (χ2v) is 5.20. The molecular formula is C12H23N3O4. The summed E-state index contributed by atoms with van der Waals surface area (Å²) in [5.41, 5.74) is -0.707. The van der Waals surface area contributed by atoms with Crippen molar-refractivity contribution in [3.63, 3.8) is 0 Å². The first-order valence-electron chi connectivity index (χ1n) is 6.39. The largest absolute Gasteiger partial charge is 0.387 e. The van der Waals surface area contributed by atoms with Crippen LogP contribution in [-0.4, -0.2) is 67.4 Å². The van der Waals surface area contributed by atoms with E-state index >= 15 is 0 Å². The van der Waals surface area contributed by atoms with Crippen LogP contribution >= 0.6 is 0 Å². The molecule has 1 aliphatic heterocycles. The van der Waals surface area contributed by atoms with Crippen molar-refractivity contribution in [2.75, 3.05) is 39.9 Å². The van der Waals surface area contributed by atoms with Gasteiger partial charge in [0.25, 0.3) is 0 Å². The summed E-state index contributed by atoms with van der Waals surface area (Å²) in [6.45, 7) is 5.68. The summed E-state index contributed by atoms with van der Waals surface area (Å²) in [5, 5.41) is 14.8. The van der Waals surface area contributed by atoms with E-state index in [2.05, 4.69) is 10.6 Å². The van der Waals surface area contributed by atoms with Crippen LogP contribution in [0.1, 0.15) is 13.8 Å². The molecule has 1 rings (SSSR count). The number of imide groups is 1. The molecule has 0 aromatic carbocycles. The molecule has 1 heterocycles. The topological polar surface area (TPSA) is 90.9 Å². The summed E-state index contributed by atoms with van der Waals surface area (Å²) >= 11 is 0. The minimum atomic E-state index is -0.707. The monoisotopic (exact) mass is 273 g/mol. The zero-order chi connectivity index (χ0) is 14.5. The van der Waals surface area contributed by atoms with E-state index in [1.54, 1.807) is 4.90 Å². The van der Waals surface area contributed by atoms with Gasteiger partial charge in [0.05, 0.1) is 18.8 Å². The molecule has 110 valence electrons. The highest BCUT2D eigenvalue weighted by molar-refractivity contribution is 5.95. The molecule has 0 spiro atoms. The molecule has 1 fully saturated rings. The van der Waals surface area contributed by atoms with E-state index in [1.807, 2.05) is 13.8 Å². The summed E-state index contributed by atoms with van der Waals surface area (Å²) in [7, 11) is 1.53. The Bertz CT molecular complexity index is 327. The van der Waals surface area contributed by atoms with Crippen molar-refractivity contribution >= 4 is 11.9 Å². The summed E-state index contributed by atoms with van der Waals surface area (Å²) in [6, 6.07) is -0.526. The molecule has 0 aliphatic carbocycles. The number of urea groups is 1. The average molecular weight is 273 g/mol. The van der Waals surface area contributed by atoms with Gasteiger partial charge in [0.15, 0.2) is 0 Å². The predicted molar refractivity (Wildman–Crippen MR) is 69.6 cm³/mol. The summed E-state index contributed by atoms with van der Waals surface area (Å²) in [5.74, 6) is -0.218. The highest BCUT2D eigenvalue weighted by Crippen LogP contribution is 2.27. The van der Waals surface area contributed by atoms with E-state index < -0.39 is 11.6 Å². The number of ether oxygens (including phenoxy) is 1. The zero-order valence-electron chi connectivity index (χ0n) is 11.7. The van der Waals surface area contributed by atoms with Gasteiger partial charge < -0.3 is 15.2 Å². The smallest absolute Gasteiger partial charge is 0.321 e. The number of β-amino-alcohol motifs (C(OH)–C–C–N with tert-alkyl or cyclic N) is 1. The van der Waals surface area contributed by atoms with Crippen molar-refractivity contribution in [2.24, 2.45) is 5.92 Å². The third-order valence-corrected chi connectivity index (χ3v) is 3.28. The summed E-state index contributed by atoms with van der Waals surface area (Å²) in [4.78, 5) is 24.6. The molecule has 0 saturated carbocycles. The molecule has 1 aliphatic rings. The van der Waals surface area contributed by atoms with Crippen LogP contribution in [-0.2, 0) is 9.53 Å². The molecule has 0 atom stereocenters. The van der Waals surface area contributed by atoms with Gasteiger partial charge in [-0.1, -0.05) is 13.8 Å². The van der Waals surface area contributed by atoms with Crippen molar-refractivity contribution in [1.82, 2.24) is 15.5 Å². The fourth-order valence-corrected chi connectivity index (χ4v) is 1.89. The molecule has 1 saturated heterocycles. The lowest BCUT2D eigenvalue weighted by Gasteiger charge is -2.48. The number of hydrogen-bond acceptors (Lipinski definition) is 5. The maximum Gasteiger partial charge on any atom is 0.321 e. The fraction of sp³-hybridized carbons (Fsp3) is 0.833. The molecule has 3 amide bonds. The molecule has 19 heavy (non-hydrogen) atoms. The van der Waals surface area contributed by atoms with Crippen LogP contribution in [0.3, 0.4) is 0 Å². The van der Waals surface area contributed by atoms with Crippen LogP contribution in [0.4, 0.5) is 4.79 Å². The van der Waals surface area contributed by atoms with Crippen molar-refractivity contribution in [3.8, 4) is 0 Å². The Morgan fingerprint density at radius 2 is 2.05 bits per heavy atom. The Morgan fingerprint density at radius 3 is 2.58 bits per heavy atom. The molecule has 3 N–H and O–H groups in total. The van der Waals surface area contributed by atoms with E-state index in [9.17, 15) is 14.7 Å². The quantitative estimate of drug-likeness (QED) is 0.549. The number of likely N-dealkylation sites (tertiary alicyclic amines) is 1. The van der Waals surface area contributed by atoms with E-state index in [0.717, 1.165) is 0 Å². The number of amides is 3. The lowest BCUT2D eigenvalue weighted by atomic mass is 9.83. The molecule has 0 aromatic heterocycles. The number of nitrogens with one attached hydrogen (secondary N) is 2. The summed E-state index contributed by atoms with van der Waals surface area (Å²) < 4.78 is 4.77. The Balaban J connectivity index is 2.18. The zero-order valence-corrected chi connectivity index (χ0v) is 11.7. The minimum Gasteiger partial charge on any atom is -0.387 e. The van der Waals surface area contributed by atoms with Crippen molar-refractivity contribution < 1.29 is 19.4 Å². The molecule has 0 unspecified atom stereocenters. The van der Waals surface area contributed by atoms with Gasteiger partial charge in [0.2, 0.25) is 5.91 Å². The van der Waals surface area contributed by atoms with E-state index in [-0.39, 0.29) is 18.4 Å². The lowest BCUT2D eigenvalue weighted by Crippen LogP contribution is -2.66. The number of carbonyl (C=O) groups is 2. The van der Waals surface area contributed by atoms with Crippen molar-refractivity contribution in [1.29, 1.82) is 0 Å². The first kappa shape index (κ1) is 15.9. The van der Waals surface area contributed by atoms with E-state index in [0.29, 0.717) is 26.2 Å². The van der Waals surface area contributed by atoms with Crippen LogP contribution in [0.5, 0.6) is 0 Å². The first-order valence-corrected chi connectivity index (χ1v) is 6.39. The maximum atomic E-state index is 11.5. The molecule has 0 radical (unpaired) electrons. The minimum absolute atomic E-state index is 0.118. The summed E-state index contributed by atoms with van der Waals surface area (Å²) in [6.07, 6.45) is 0. The van der Waals surface area contributed by atoms with E-state index in [1.165, 1.54) is 7.11 Å². The standard InChI is InChI=1S/C12H23N3O4/c1-9(2)12(18)7-15(8-12)6-10(16)14-11(17)13-4-5-19-3/h9,18H,4-8H2,1-3H3,(H2,13,14,16,17). The van der Waals surface area contributed by atoms with Crippen LogP contribution in [0, 0.1) is 5.92 Å². The van der Waals surface area contributed by atoms with Crippen LogP contribution in [0.2, 0.25) is 0 Å². The first-order chi connectivity index (χ1) is 8.87. The van der Waals surface area contributed by atoms with Crippen LogP contribution in [0.15, 0.2) is 0 Å². The normalized spacial score (nSPS) is 17.9. The van der Waals surface area contributed by atoms with Crippen molar-refractivity contribution in [3.05, 3.63) is 0 Å². The molecule has 0 aromatic rings. The third-order valence-electron chi connectivity index (χ3n) is 3.28. The number of methoxy groups -OCH3 is 1. The van der Waals surface area contributed by atoms with E-state index in [4.69, 9.17) is 4.74 Å². The van der Waals surface area contributed by atoms with Crippen molar-refractivity contribution in [2.45, 2.75) is 19.4 Å². The fourth-order valence-electron chi connectivity index (χ4n) is 1.89. The second-order valence-electron chi connectivity index (χ2n) is 5.20. The van der Waals surface area contributed by atoms with Gasteiger partial charge in [0, 0.05) is 26.7 Å². The number of rotatable bonds is 6. The van der Waals surface area contributed by atoms with Gasteiger partial charge in [-0.15, -0.1) is 0 Å². The molecular weight excluding hydrogens is 250 g/mol. The molecule has 0 bridgehead atoms. The van der Waals surface area contributed by atoms with Gasteiger partial charge in [-0.2, -0.15) is 0 Å². The van der Waals surface area contributed by atoms with Gasteiger partial charge in [-0.25, -0.2) is 4.79 Å². The lowest BCUT2D eigenvalue weighted by molar-refractivity contribution is -0.141. The molecule has 7 heteroatoms. The SMILES string of the molecule is COCCNC(=O)NC(=O)CN1CC(O)(C(C)C)C1. The maximum absolute atomic E-state index is 11.5. The Hall–Kier alpha value is -1.18. The van der Waals surface area contributed by atoms with Crippen LogP contribution < -0.4 is 10.6 Å². The highest BCUT2D eigenvalue weighted by Gasteiger charge is 2.43. The Morgan fingerprint density at radius 1 is 1.42 bits per heavy atom. The number of hydrogen-bond donors (Lipinski definition) is 3. The van der Waals surface area contributed by atoms with Gasteiger partial charge >= 0.3 is 6.03 Å². The van der Waals surface area contributed by atoms with Gasteiger partial charge in [-0.05, 0) is 5.92 Å². The second kappa shape index (κ2) is 6.83. The number of nitrogens with zero attached hydrogens (tertiary/aromatic N) is 1. The number of carbonyl (C=O) groups excluding carboxylic acids is 2. The highest BCUT2D eigenvalue weighted by atomic mass is 16.5. The Labute approximate surface area is 113 Å². The average Bonchev–Trinajstić information content (AvgIpc) is 2.26. The third kappa shape index (κ3) is 4.77. The predicted octanol–water partition coefficient (Wildman–Crippen LogP) is -0.839. The Kier molecular flexibility index (Phi) is 5.71.